The molecule has 0 fully saturated rings. The summed E-state index contributed by atoms with van der Waals surface area (Å²) in [5.41, 5.74) is 0. The Morgan fingerprint density at radius 3 is 2.07 bits per heavy atom. The third-order valence-electron chi connectivity index (χ3n) is 1.28. The summed E-state index contributed by atoms with van der Waals surface area (Å²) in [4.78, 5) is 31.4. The highest BCUT2D eigenvalue weighted by Crippen LogP contribution is 2.01. The number of hydrogen-bond donors (Lipinski definition) is 3. The average Bonchev–Trinajstić information content (AvgIpc) is 1.99. The fourth-order valence-electron chi connectivity index (χ4n) is 0.732. The molecule has 0 aromatic heterocycles. The van der Waals surface area contributed by atoms with Crippen LogP contribution in [0.25, 0.3) is 0 Å². The Bertz CT molecular complexity index is 339. The van der Waals surface area contributed by atoms with Gasteiger partial charge >= 0.3 is 19.6 Å². The quantitative estimate of drug-likeness (QED) is 0.514. The second-order valence-corrected chi connectivity index (χ2v) is 3.53. The van der Waals surface area contributed by atoms with Gasteiger partial charge in [0.05, 0.1) is 6.42 Å². The summed E-state index contributed by atoms with van der Waals surface area (Å²) in [6.07, 6.45) is -1.67. The van der Waals surface area contributed by atoms with Gasteiger partial charge in [0.25, 0.3) is 0 Å². The summed E-state index contributed by atoms with van der Waals surface area (Å²) in [5.74, 6) is -3.99. The lowest BCUT2D eigenvalue weighted by molar-refractivity contribution is -0.147. The predicted molar refractivity (Wildman–Crippen MR) is 45.0 cm³/mol. The summed E-state index contributed by atoms with van der Waals surface area (Å²) in [5, 5.41) is 18.5. The van der Waals surface area contributed by atoms with Crippen molar-refractivity contribution >= 4 is 25.5 Å². The molecule has 0 saturated heterocycles. The Morgan fingerprint density at radius 1 is 1.20 bits per heavy atom. The van der Waals surface area contributed by atoms with Gasteiger partial charge in [-0.05, 0) is 0 Å². The fourth-order valence-corrected chi connectivity index (χ4v) is 1.06. The van der Waals surface area contributed by atoms with E-state index in [2.05, 4.69) is 0 Å². The van der Waals surface area contributed by atoms with Crippen LogP contribution >= 0.6 is 7.68 Å². The van der Waals surface area contributed by atoms with Gasteiger partial charge in [0.15, 0.2) is 0 Å². The molecule has 0 aromatic carbocycles. The molecule has 0 aliphatic carbocycles. The number of carboxylic acid groups (broad SMARTS) is 2. The van der Waals surface area contributed by atoms with Gasteiger partial charge in [-0.1, -0.05) is 0 Å². The molecule has 15 heavy (non-hydrogen) atoms. The van der Waals surface area contributed by atoms with Crippen molar-refractivity contribution < 1.29 is 33.7 Å². The molecular formula is C6H8NO7P. The maximum Gasteiger partial charge on any atom is 0.326 e. The van der Waals surface area contributed by atoms with Crippen LogP contribution in [0.4, 0.5) is 0 Å². The number of nitrogens with one attached hydrogen (secondary N) is 1. The third kappa shape index (κ3) is 6.39. The first-order valence-corrected chi connectivity index (χ1v) is 5.05. The van der Waals surface area contributed by atoms with Crippen LogP contribution in [0.1, 0.15) is 6.42 Å². The van der Waals surface area contributed by atoms with Gasteiger partial charge in [-0.3, -0.25) is 9.59 Å². The summed E-state index contributed by atoms with van der Waals surface area (Å²) in [7, 11) is -2.96. The van der Waals surface area contributed by atoms with Crippen LogP contribution < -0.4 is 5.32 Å². The minimum absolute atomic E-state index is 0.809. The van der Waals surface area contributed by atoms with Crippen LogP contribution in [0, 0.1) is 0 Å². The molecular weight excluding hydrogens is 229 g/mol. The van der Waals surface area contributed by atoms with Crippen LogP contribution in [0.15, 0.2) is 0 Å². The molecule has 1 unspecified atom stereocenters. The van der Waals surface area contributed by atoms with Crippen molar-refractivity contribution in [1.82, 2.24) is 5.32 Å². The second-order valence-electron chi connectivity index (χ2n) is 2.55. The van der Waals surface area contributed by atoms with Crippen LogP contribution in [0.2, 0.25) is 0 Å². The molecule has 0 heterocycles. The summed E-state index contributed by atoms with van der Waals surface area (Å²) < 4.78 is 20.2. The lowest BCUT2D eigenvalue weighted by atomic mass is 10.2. The van der Waals surface area contributed by atoms with Crippen molar-refractivity contribution in [2.24, 2.45) is 0 Å². The Hall–Kier alpha value is -1.69. The molecule has 0 saturated carbocycles. The van der Waals surface area contributed by atoms with E-state index in [0.29, 0.717) is 0 Å². The first-order chi connectivity index (χ1) is 6.82. The summed E-state index contributed by atoms with van der Waals surface area (Å²) in [6.45, 7) is 0. The molecule has 0 radical (unpaired) electrons. The molecule has 0 rings (SSSR count). The van der Waals surface area contributed by atoms with Crippen molar-refractivity contribution in [2.75, 3.05) is 6.16 Å². The lowest BCUT2D eigenvalue weighted by Gasteiger charge is -2.10. The number of carbonyl (C=O) groups excluding carboxylic acids is 1. The number of rotatable bonds is 6. The van der Waals surface area contributed by atoms with Crippen LogP contribution in [-0.4, -0.2) is 40.3 Å². The first-order valence-electron chi connectivity index (χ1n) is 3.68. The minimum Gasteiger partial charge on any atom is -0.481 e. The molecule has 0 aromatic rings. The molecule has 0 aliphatic rings. The Labute approximate surface area is 84.1 Å². The van der Waals surface area contributed by atoms with Crippen molar-refractivity contribution in [2.45, 2.75) is 12.5 Å². The van der Waals surface area contributed by atoms with E-state index >= 15 is 0 Å². The average molecular weight is 237 g/mol. The van der Waals surface area contributed by atoms with Gasteiger partial charge in [-0.25, -0.2) is 13.9 Å². The first kappa shape index (κ1) is 13.3. The monoisotopic (exact) mass is 237 g/mol. The molecule has 0 aliphatic heterocycles. The topological polar surface area (TPSA) is 138 Å². The third-order valence-corrected chi connectivity index (χ3v) is 1.83. The van der Waals surface area contributed by atoms with E-state index in [9.17, 15) is 23.5 Å². The largest absolute Gasteiger partial charge is 0.481 e. The highest BCUT2D eigenvalue weighted by atomic mass is 31.1. The van der Waals surface area contributed by atoms with Crippen molar-refractivity contribution in [3.05, 3.63) is 0 Å². The molecule has 0 spiro atoms. The number of hydrogen-bond acceptors (Lipinski definition) is 5. The Balaban J connectivity index is 4.34. The van der Waals surface area contributed by atoms with E-state index in [4.69, 9.17) is 10.2 Å². The normalized spacial score (nSPS) is 11.5. The van der Waals surface area contributed by atoms with Gasteiger partial charge in [0.1, 0.15) is 12.2 Å². The maximum absolute atomic E-state index is 10.8. The van der Waals surface area contributed by atoms with E-state index in [1.165, 1.54) is 0 Å². The van der Waals surface area contributed by atoms with Gasteiger partial charge in [0.2, 0.25) is 5.91 Å². The molecule has 1 amide bonds. The van der Waals surface area contributed by atoms with Crippen LogP contribution in [-0.2, 0) is 23.5 Å². The van der Waals surface area contributed by atoms with E-state index in [1.54, 1.807) is 5.32 Å². The molecule has 0 bridgehead atoms. The van der Waals surface area contributed by atoms with Gasteiger partial charge < -0.3 is 15.5 Å². The highest BCUT2D eigenvalue weighted by Gasteiger charge is 2.23. The lowest BCUT2D eigenvalue weighted by Crippen LogP contribution is -2.42. The van der Waals surface area contributed by atoms with Crippen molar-refractivity contribution in [1.29, 1.82) is 0 Å². The zero-order valence-corrected chi connectivity index (χ0v) is 8.27. The van der Waals surface area contributed by atoms with Gasteiger partial charge in [-0.15, -0.1) is 0 Å². The van der Waals surface area contributed by atoms with Crippen molar-refractivity contribution in [3.8, 4) is 0 Å². The van der Waals surface area contributed by atoms with Crippen LogP contribution in [0.5, 0.6) is 0 Å². The molecule has 84 valence electrons. The number of carboxylic acids is 2. The minimum atomic E-state index is -2.96. The SMILES string of the molecule is O=C(O)CC(NC(=O)CP(=O)=O)C(=O)O. The van der Waals surface area contributed by atoms with E-state index in [-0.39, 0.29) is 0 Å². The molecule has 3 N–H and O–H groups in total. The van der Waals surface area contributed by atoms with E-state index < -0.39 is 44.2 Å². The Kier molecular flexibility index (Phi) is 5.25. The van der Waals surface area contributed by atoms with Gasteiger partial charge in [-0.2, -0.15) is 0 Å². The highest BCUT2D eigenvalue weighted by molar-refractivity contribution is 7.32. The zero-order valence-electron chi connectivity index (χ0n) is 7.37. The van der Waals surface area contributed by atoms with Crippen molar-refractivity contribution in [3.63, 3.8) is 0 Å². The van der Waals surface area contributed by atoms with E-state index in [1.807, 2.05) is 0 Å². The molecule has 9 heteroatoms. The predicted octanol–water partition coefficient (Wildman–Crippen LogP) is -0.797. The second kappa shape index (κ2) is 5.92. The molecule has 1 atom stereocenters. The number of carbonyl (C=O) groups is 3. The fraction of sp³-hybridized carbons (Fsp3) is 0.500. The number of amides is 1. The Morgan fingerprint density at radius 2 is 1.73 bits per heavy atom. The van der Waals surface area contributed by atoms with Crippen LogP contribution in [0.3, 0.4) is 0 Å². The zero-order chi connectivity index (χ0) is 12.0. The standard InChI is InChI=1S/C6H8NO7P/c8-4(2-15(13)14)7-3(6(11)12)1-5(9)10/h3H,1-2H2,(H,7,8)(H,9,10)(H,11,12). The maximum atomic E-state index is 10.8. The summed E-state index contributed by atoms with van der Waals surface area (Å²) >= 11 is 0. The summed E-state index contributed by atoms with van der Waals surface area (Å²) in [6, 6.07) is -1.62. The van der Waals surface area contributed by atoms with Gasteiger partial charge in [0, 0.05) is 0 Å². The molecule has 8 nitrogen and oxygen atoms in total. The smallest absolute Gasteiger partial charge is 0.326 e. The number of aliphatic carboxylic acids is 2. The van der Waals surface area contributed by atoms with E-state index in [0.717, 1.165) is 0 Å².